The van der Waals surface area contributed by atoms with Gasteiger partial charge in [-0.05, 0) is 33.6 Å². The second kappa shape index (κ2) is 6.77. The summed E-state index contributed by atoms with van der Waals surface area (Å²) in [6.07, 6.45) is 0. The highest BCUT2D eigenvalue weighted by Gasteiger charge is 2.32. The minimum Gasteiger partial charge on any atom is -0.281 e. The van der Waals surface area contributed by atoms with Gasteiger partial charge in [-0.3, -0.25) is 4.90 Å². The number of nitrogens with zero attached hydrogens (tertiary/aromatic N) is 1. The molecule has 0 bridgehead atoms. The van der Waals surface area contributed by atoms with E-state index >= 15 is 0 Å². The molecule has 1 saturated heterocycles. The van der Waals surface area contributed by atoms with Gasteiger partial charge in [-0.15, -0.1) is 0 Å². The van der Waals surface area contributed by atoms with Gasteiger partial charge in [0.1, 0.15) is 11.2 Å². The molecule has 2 rings (SSSR count). The van der Waals surface area contributed by atoms with Crippen molar-refractivity contribution in [2.45, 2.75) is 18.8 Å². The van der Waals surface area contributed by atoms with Crippen LogP contribution in [0.3, 0.4) is 0 Å². The number of halogens is 2. The third-order valence-corrected chi connectivity index (χ3v) is 7.32. The van der Waals surface area contributed by atoms with Crippen molar-refractivity contribution >= 4 is 37.5 Å². The first-order valence-corrected chi connectivity index (χ1v) is 10.1. The number of hydrogen-bond acceptors (Lipinski definition) is 4. The highest BCUT2D eigenvalue weighted by Crippen LogP contribution is 2.25. The monoisotopic (exact) mass is 381 g/mol. The van der Waals surface area contributed by atoms with Crippen LogP contribution in [0, 0.1) is 5.82 Å². The molecule has 0 N–H and O–H groups in total. The van der Waals surface area contributed by atoms with E-state index in [1.165, 1.54) is 6.07 Å². The van der Waals surface area contributed by atoms with E-state index in [2.05, 4.69) is 15.9 Å². The topological polar surface area (TPSA) is 37.4 Å². The SMILES string of the molecule is CCS(=O)(=O)C1CSCCN1Cc1ccc(F)c(Br)c1. The van der Waals surface area contributed by atoms with Gasteiger partial charge in [0, 0.05) is 30.3 Å². The summed E-state index contributed by atoms with van der Waals surface area (Å²) in [5, 5.41) is -0.435. The molecule has 0 radical (unpaired) electrons. The molecule has 1 unspecified atom stereocenters. The van der Waals surface area contributed by atoms with E-state index in [1.54, 1.807) is 30.8 Å². The first-order chi connectivity index (χ1) is 9.44. The second-order valence-electron chi connectivity index (χ2n) is 4.70. The number of hydrogen-bond donors (Lipinski definition) is 0. The Bertz CT molecular complexity index is 580. The van der Waals surface area contributed by atoms with Crippen molar-refractivity contribution in [3.05, 3.63) is 34.1 Å². The molecule has 7 heteroatoms. The number of sulfone groups is 1. The summed E-state index contributed by atoms with van der Waals surface area (Å²) in [5.41, 5.74) is 0.918. The van der Waals surface area contributed by atoms with E-state index < -0.39 is 15.2 Å². The molecule has 1 atom stereocenters. The van der Waals surface area contributed by atoms with Crippen LogP contribution in [0.1, 0.15) is 12.5 Å². The molecule has 0 saturated carbocycles. The minimum atomic E-state index is -3.09. The van der Waals surface area contributed by atoms with Gasteiger partial charge in [-0.1, -0.05) is 13.0 Å². The third-order valence-electron chi connectivity index (χ3n) is 3.38. The van der Waals surface area contributed by atoms with Crippen LogP contribution in [0.4, 0.5) is 4.39 Å². The van der Waals surface area contributed by atoms with Gasteiger partial charge in [-0.2, -0.15) is 11.8 Å². The summed E-state index contributed by atoms with van der Waals surface area (Å²) < 4.78 is 38.0. The quantitative estimate of drug-likeness (QED) is 0.803. The van der Waals surface area contributed by atoms with E-state index in [-0.39, 0.29) is 11.6 Å². The van der Waals surface area contributed by atoms with E-state index in [1.807, 2.05) is 4.90 Å². The predicted octanol–water partition coefficient (Wildman–Crippen LogP) is 2.90. The molecule has 3 nitrogen and oxygen atoms in total. The van der Waals surface area contributed by atoms with Crippen molar-refractivity contribution in [3.63, 3.8) is 0 Å². The lowest BCUT2D eigenvalue weighted by Gasteiger charge is -2.34. The van der Waals surface area contributed by atoms with Crippen LogP contribution in [-0.2, 0) is 16.4 Å². The number of benzene rings is 1. The average Bonchev–Trinajstić information content (AvgIpc) is 2.43. The van der Waals surface area contributed by atoms with E-state index in [9.17, 15) is 12.8 Å². The van der Waals surface area contributed by atoms with Crippen LogP contribution in [0.15, 0.2) is 22.7 Å². The molecule has 112 valence electrons. The van der Waals surface area contributed by atoms with Crippen LogP contribution < -0.4 is 0 Å². The average molecular weight is 382 g/mol. The third kappa shape index (κ3) is 3.75. The molecular formula is C13H17BrFNO2S2. The largest absolute Gasteiger partial charge is 0.281 e. The van der Waals surface area contributed by atoms with Gasteiger partial charge in [0.2, 0.25) is 0 Å². The molecule has 0 spiro atoms. The first kappa shape index (κ1) is 16.3. The fourth-order valence-electron chi connectivity index (χ4n) is 2.19. The van der Waals surface area contributed by atoms with E-state index in [0.717, 1.165) is 17.9 Å². The van der Waals surface area contributed by atoms with Gasteiger partial charge in [0.05, 0.1) is 4.47 Å². The summed E-state index contributed by atoms with van der Waals surface area (Å²) in [6, 6.07) is 4.83. The lowest BCUT2D eigenvalue weighted by molar-refractivity contribution is 0.261. The summed E-state index contributed by atoms with van der Waals surface area (Å²) in [7, 11) is -3.09. The van der Waals surface area contributed by atoms with Gasteiger partial charge in [-0.25, -0.2) is 12.8 Å². The Kier molecular flexibility index (Phi) is 5.50. The standard InChI is InChI=1S/C13H17BrFNO2S2/c1-2-20(17,18)13-9-19-6-5-16(13)8-10-3-4-12(15)11(14)7-10/h3-4,7,13H,2,5-6,8-9H2,1H3. The molecule has 1 aromatic carbocycles. The van der Waals surface area contributed by atoms with Crippen LogP contribution in [0.5, 0.6) is 0 Å². The predicted molar refractivity (Wildman–Crippen MR) is 85.1 cm³/mol. The fraction of sp³-hybridized carbons (Fsp3) is 0.538. The normalized spacial score (nSPS) is 21.1. The van der Waals surface area contributed by atoms with E-state index in [0.29, 0.717) is 16.8 Å². The zero-order chi connectivity index (χ0) is 14.8. The molecule has 0 aromatic heterocycles. The Morgan fingerprint density at radius 2 is 2.25 bits per heavy atom. The fourth-order valence-corrected chi connectivity index (χ4v) is 5.70. The molecule has 1 aromatic rings. The van der Waals surface area contributed by atoms with Crippen LogP contribution in [0.25, 0.3) is 0 Å². The van der Waals surface area contributed by atoms with E-state index in [4.69, 9.17) is 0 Å². The molecule has 1 aliphatic rings. The minimum absolute atomic E-state index is 0.155. The van der Waals surface area contributed by atoms with Gasteiger partial charge in [0.15, 0.2) is 9.84 Å². The van der Waals surface area contributed by atoms with Crippen molar-refractivity contribution in [2.75, 3.05) is 23.8 Å². The summed E-state index contributed by atoms with van der Waals surface area (Å²) in [5.74, 6) is 1.39. The van der Waals surface area contributed by atoms with Gasteiger partial charge in [0.25, 0.3) is 0 Å². The highest BCUT2D eigenvalue weighted by atomic mass is 79.9. The molecule has 1 heterocycles. The summed E-state index contributed by atoms with van der Waals surface area (Å²) in [6.45, 7) is 2.95. The molecule has 1 aliphatic heterocycles. The second-order valence-corrected chi connectivity index (χ2v) is 9.15. The molecule has 0 aliphatic carbocycles. The van der Waals surface area contributed by atoms with Crippen molar-refractivity contribution in [1.29, 1.82) is 0 Å². The number of rotatable bonds is 4. The van der Waals surface area contributed by atoms with Gasteiger partial charge < -0.3 is 0 Å². The maximum absolute atomic E-state index is 13.2. The van der Waals surface area contributed by atoms with Crippen LogP contribution >= 0.6 is 27.7 Å². The lowest BCUT2D eigenvalue weighted by atomic mass is 10.2. The van der Waals surface area contributed by atoms with Crippen molar-refractivity contribution < 1.29 is 12.8 Å². The Hall–Kier alpha value is -0.110. The van der Waals surface area contributed by atoms with Gasteiger partial charge >= 0.3 is 0 Å². The molecule has 1 fully saturated rings. The smallest absolute Gasteiger partial charge is 0.166 e. The molecule has 0 amide bonds. The first-order valence-electron chi connectivity index (χ1n) is 6.41. The summed E-state index contributed by atoms with van der Waals surface area (Å²) in [4.78, 5) is 1.98. The van der Waals surface area contributed by atoms with Crippen LogP contribution in [-0.4, -0.2) is 42.5 Å². The maximum Gasteiger partial charge on any atom is 0.166 e. The Morgan fingerprint density at radius 3 is 2.90 bits per heavy atom. The zero-order valence-electron chi connectivity index (χ0n) is 11.2. The van der Waals surface area contributed by atoms with Crippen molar-refractivity contribution in [2.24, 2.45) is 0 Å². The van der Waals surface area contributed by atoms with Crippen molar-refractivity contribution in [3.8, 4) is 0 Å². The Labute approximate surface area is 132 Å². The molecule has 20 heavy (non-hydrogen) atoms. The molecular weight excluding hydrogens is 365 g/mol. The van der Waals surface area contributed by atoms with Crippen LogP contribution in [0.2, 0.25) is 0 Å². The zero-order valence-corrected chi connectivity index (χ0v) is 14.4. The Morgan fingerprint density at radius 1 is 1.50 bits per heavy atom. The lowest BCUT2D eigenvalue weighted by Crippen LogP contribution is -2.47. The summed E-state index contributed by atoms with van der Waals surface area (Å²) >= 11 is 4.84. The highest BCUT2D eigenvalue weighted by molar-refractivity contribution is 9.10. The number of thioether (sulfide) groups is 1. The Balaban J connectivity index is 2.18. The maximum atomic E-state index is 13.2. The van der Waals surface area contributed by atoms with Crippen molar-refractivity contribution in [1.82, 2.24) is 4.90 Å².